The van der Waals surface area contributed by atoms with Gasteiger partial charge in [0.05, 0.1) is 6.17 Å². The number of piperazine rings is 1. The Hall–Kier alpha value is -0.120. The molecule has 3 nitrogen and oxygen atoms in total. The third kappa shape index (κ3) is 1.26. The maximum absolute atomic E-state index is 5.94. The lowest BCUT2D eigenvalue weighted by Gasteiger charge is -2.41. The van der Waals surface area contributed by atoms with Crippen LogP contribution in [0.1, 0.15) is 19.8 Å². The Balaban J connectivity index is 2.09. The highest BCUT2D eigenvalue weighted by molar-refractivity contribution is 4.95. The summed E-state index contributed by atoms with van der Waals surface area (Å²) in [6.45, 7) is 4.52. The zero-order valence-electron chi connectivity index (χ0n) is 8.03. The van der Waals surface area contributed by atoms with Crippen molar-refractivity contribution < 1.29 is 0 Å². The van der Waals surface area contributed by atoms with Crippen LogP contribution in [0.4, 0.5) is 0 Å². The van der Waals surface area contributed by atoms with Gasteiger partial charge in [-0.15, -0.1) is 0 Å². The minimum Gasteiger partial charge on any atom is -0.316 e. The largest absolute Gasteiger partial charge is 0.316 e. The summed E-state index contributed by atoms with van der Waals surface area (Å²) in [5, 5.41) is 0. The van der Waals surface area contributed by atoms with Crippen LogP contribution in [-0.4, -0.2) is 48.2 Å². The van der Waals surface area contributed by atoms with E-state index in [1.807, 2.05) is 0 Å². The number of nitrogens with zero attached hydrogens (tertiary/aromatic N) is 2. The summed E-state index contributed by atoms with van der Waals surface area (Å²) in [4.78, 5) is 4.93. The smallest absolute Gasteiger partial charge is 0.0549 e. The molecule has 0 spiro atoms. The number of likely N-dealkylation sites (N-methyl/N-ethyl adjacent to an activating group) is 1. The van der Waals surface area contributed by atoms with Crippen LogP contribution in [0.25, 0.3) is 0 Å². The topological polar surface area (TPSA) is 32.5 Å². The quantitative estimate of drug-likeness (QED) is 0.603. The molecule has 0 aromatic heterocycles. The van der Waals surface area contributed by atoms with Gasteiger partial charge in [-0.2, -0.15) is 0 Å². The third-order valence-corrected chi connectivity index (χ3v) is 3.19. The summed E-state index contributed by atoms with van der Waals surface area (Å²) in [6.07, 6.45) is 2.93. The number of hydrogen-bond donors (Lipinski definition) is 1. The van der Waals surface area contributed by atoms with Crippen molar-refractivity contribution in [1.29, 1.82) is 0 Å². The third-order valence-electron chi connectivity index (χ3n) is 3.19. The van der Waals surface area contributed by atoms with Crippen LogP contribution >= 0.6 is 0 Å². The highest BCUT2D eigenvalue weighted by Crippen LogP contribution is 2.29. The number of likely N-dealkylation sites (tertiary alicyclic amines) is 1. The molecule has 2 saturated heterocycles. The first-order chi connectivity index (χ1) is 5.68. The monoisotopic (exact) mass is 169 g/mol. The van der Waals surface area contributed by atoms with E-state index < -0.39 is 0 Å². The van der Waals surface area contributed by atoms with Crippen LogP contribution in [0, 0.1) is 0 Å². The Labute approximate surface area is 74.5 Å². The Kier molecular flexibility index (Phi) is 2.10. The highest BCUT2D eigenvalue weighted by atomic mass is 15.4. The second-order valence-corrected chi connectivity index (χ2v) is 4.29. The Morgan fingerprint density at radius 2 is 1.75 bits per heavy atom. The molecule has 2 fully saturated rings. The zero-order chi connectivity index (χ0) is 8.72. The maximum Gasteiger partial charge on any atom is 0.0549 e. The Morgan fingerprint density at radius 1 is 1.25 bits per heavy atom. The van der Waals surface area contributed by atoms with Gasteiger partial charge in [0.15, 0.2) is 0 Å². The molecule has 2 bridgehead atoms. The molecule has 0 aromatic rings. The van der Waals surface area contributed by atoms with E-state index in [4.69, 9.17) is 5.73 Å². The second kappa shape index (κ2) is 2.98. The average molecular weight is 169 g/mol. The number of fused-ring (bicyclic) bond motifs is 2. The van der Waals surface area contributed by atoms with Gasteiger partial charge in [0.25, 0.3) is 0 Å². The SMILES string of the molecule is CC(N)N1C2CCC1CN(C)C2. The fraction of sp³-hybridized carbons (Fsp3) is 1.00. The fourth-order valence-electron chi connectivity index (χ4n) is 2.81. The van der Waals surface area contributed by atoms with Crippen molar-refractivity contribution in [3.05, 3.63) is 0 Å². The molecule has 70 valence electrons. The van der Waals surface area contributed by atoms with Crippen LogP contribution in [0.3, 0.4) is 0 Å². The highest BCUT2D eigenvalue weighted by Gasteiger charge is 2.39. The first kappa shape index (κ1) is 8.48. The van der Waals surface area contributed by atoms with E-state index in [0.717, 1.165) is 12.1 Å². The van der Waals surface area contributed by atoms with Gasteiger partial charge in [-0.1, -0.05) is 0 Å². The maximum atomic E-state index is 5.94. The lowest BCUT2D eigenvalue weighted by atomic mass is 10.2. The van der Waals surface area contributed by atoms with Crippen molar-refractivity contribution >= 4 is 0 Å². The van der Waals surface area contributed by atoms with Crippen molar-refractivity contribution in [3.63, 3.8) is 0 Å². The molecule has 12 heavy (non-hydrogen) atoms. The van der Waals surface area contributed by atoms with E-state index in [1.54, 1.807) is 0 Å². The van der Waals surface area contributed by atoms with Gasteiger partial charge in [0.1, 0.15) is 0 Å². The molecule has 3 heteroatoms. The molecule has 3 unspecified atom stereocenters. The van der Waals surface area contributed by atoms with Gasteiger partial charge in [-0.25, -0.2) is 0 Å². The second-order valence-electron chi connectivity index (χ2n) is 4.29. The van der Waals surface area contributed by atoms with Crippen molar-refractivity contribution in [2.75, 3.05) is 20.1 Å². The molecule has 0 aromatic carbocycles. The molecular formula is C9H19N3. The molecule has 2 heterocycles. The van der Waals surface area contributed by atoms with E-state index in [1.165, 1.54) is 25.9 Å². The van der Waals surface area contributed by atoms with Crippen LogP contribution in [-0.2, 0) is 0 Å². The Morgan fingerprint density at radius 3 is 2.17 bits per heavy atom. The molecule has 3 atom stereocenters. The van der Waals surface area contributed by atoms with E-state index >= 15 is 0 Å². The van der Waals surface area contributed by atoms with E-state index in [-0.39, 0.29) is 6.17 Å². The average Bonchev–Trinajstić information content (AvgIpc) is 2.24. The van der Waals surface area contributed by atoms with Crippen LogP contribution in [0.5, 0.6) is 0 Å². The molecule has 0 aliphatic carbocycles. The first-order valence-corrected chi connectivity index (χ1v) is 4.90. The van der Waals surface area contributed by atoms with E-state index in [0.29, 0.717) is 0 Å². The molecule has 0 amide bonds. The summed E-state index contributed by atoms with van der Waals surface area (Å²) in [5.74, 6) is 0. The first-order valence-electron chi connectivity index (χ1n) is 4.90. The molecule has 2 rings (SSSR count). The predicted molar refractivity (Wildman–Crippen MR) is 49.8 cm³/mol. The van der Waals surface area contributed by atoms with Gasteiger partial charge >= 0.3 is 0 Å². The lowest BCUT2D eigenvalue weighted by molar-refractivity contribution is 0.0526. The molecule has 0 saturated carbocycles. The van der Waals surface area contributed by atoms with Gasteiger partial charge in [-0.3, -0.25) is 4.90 Å². The molecule has 2 N–H and O–H groups in total. The molecule has 2 aliphatic heterocycles. The van der Waals surface area contributed by atoms with E-state index in [9.17, 15) is 0 Å². The Bertz CT molecular complexity index is 155. The van der Waals surface area contributed by atoms with Gasteiger partial charge in [-0.05, 0) is 26.8 Å². The van der Waals surface area contributed by atoms with Crippen molar-refractivity contribution in [2.45, 2.75) is 38.0 Å². The van der Waals surface area contributed by atoms with Crippen molar-refractivity contribution in [3.8, 4) is 0 Å². The summed E-state index contributed by atoms with van der Waals surface area (Å²) >= 11 is 0. The minimum atomic E-state index is 0.246. The molecular weight excluding hydrogens is 150 g/mol. The fourth-order valence-corrected chi connectivity index (χ4v) is 2.81. The minimum absolute atomic E-state index is 0.246. The normalized spacial score (nSPS) is 40.2. The zero-order valence-corrected chi connectivity index (χ0v) is 8.03. The van der Waals surface area contributed by atoms with Crippen LogP contribution < -0.4 is 5.73 Å². The van der Waals surface area contributed by atoms with Crippen LogP contribution in [0.15, 0.2) is 0 Å². The summed E-state index contributed by atoms with van der Waals surface area (Å²) in [5.41, 5.74) is 5.94. The van der Waals surface area contributed by atoms with Crippen molar-refractivity contribution in [2.24, 2.45) is 5.73 Å². The van der Waals surface area contributed by atoms with Gasteiger partial charge in [0.2, 0.25) is 0 Å². The van der Waals surface area contributed by atoms with Crippen molar-refractivity contribution in [1.82, 2.24) is 9.80 Å². The predicted octanol–water partition coefficient (Wildman–Crippen LogP) is 0.0695. The summed E-state index contributed by atoms with van der Waals surface area (Å²) in [6, 6.07) is 1.46. The molecule has 2 aliphatic rings. The number of nitrogens with two attached hydrogens (primary N) is 1. The van der Waals surface area contributed by atoms with Gasteiger partial charge < -0.3 is 10.6 Å². The molecule has 0 radical (unpaired) electrons. The van der Waals surface area contributed by atoms with Gasteiger partial charge in [0, 0.05) is 25.2 Å². The number of hydrogen-bond acceptors (Lipinski definition) is 3. The van der Waals surface area contributed by atoms with E-state index in [2.05, 4.69) is 23.8 Å². The van der Waals surface area contributed by atoms with Crippen LogP contribution in [0.2, 0.25) is 0 Å². The standard InChI is InChI=1S/C9H19N3/c1-7(10)12-8-3-4-9(12)6-11(2)5-8/h7-9H,3-6,10H2,1-2H3. The number of rotatable bonds is 1. The lowest BCUT2D eigenvalue weighted by Crippen LogP contribution is -2.57. The summed E-state index contributed by atoms with van der Waals surface area (Å²) in [7, 11) is 2.21. The summed E-state index contributed by atoms with van der Waals surface area (Å²) < 4.78 is 0.